The molecule has 0 saturated carbocycles. The molecule has 0 radical (unpaired) electrons. The van der Waals surface area contributed by atoms with Crippen LogP contribution in [-0.4, -0.2) is 22.5 Å². The number of nitrogens with one attached hydrogen (secondary N) is 1. The molecule has 0 atom stereocenters. The van der Waals surface area contributed by atoms with Gasteiger partial charge in [-0.1, -0.05) is 17.7 Å². The maximum atomic E-state index is 12.5. The van der Waals surface area contributed by atoms with E-state index in [1.54, 1.807) is 36.6 Å². The van der Waals surface area contributed by atoms with Crippen LogP contribution in [0.15, 0.2) is 35.7 Å². The molecule has 1 N–H and O–H groups in total. The minimum absolute atomic E-state index is 0.00323. The second-order valence-corrected chi connectivity index (χ2v) is 7.58. The van der Waals surface area contributed by atoms with Crippen LogP contribution in [0.4, 0.5) is 5.69 Å². The Bertz CT molecular complexity index is 974. The number of anilines is 1. The number of thiophene rings is 1. The van der Waals surface area contributed by atoms with Crippen molar-refractivity contribution in [3.05, 3.63) is 52.0 Å². The molecular weight excluding hydrogens is 372 g/mol. The predicted octanol–water partition coefficient (Wildman–Crippen LogP) is 4.87. The van der Waals surface area contributed by atoms with Crippen LogP contribution in [0.5, 0.6) is 0 Å². The van der Waals surface area contributed by atoms with Gasteiger partial charge in [-0.25, -0.2) is 4.79 Å². The third-order valence-corrected chi connectivity index (χ3v) is 5.02. The molecule has 136 valence electrons. The Balaban J connectivity index is 1.86. The molecule has 3 rings (SSSR count). The van der Waals surface area contributed by atoms with Gasteiger partial charge in [0.25, 0.3) is 0 Å². The summed E-state index contributed by atoms with van der Waals surface area (Å²) < 4.78 is 6.98. The number of aromatic nitrogens is 1. The number of hydrogen-bond donors (Lipinski definition) is 1. The topological polar surface area (TPSA) is 60.3 Å². The van der Waals surface area contributed by atoms with Crippen molar-refractivity contribution in [2.45, 2.75) is 33.4 Å². The van der Waals surface area contributed by atoms with Gasteiger partial charge in [0.15, 0.2) is 0 Å². The van der Waals surface area contributed by atoms with E-state index in [4.69, 9.17) is 16.3 Å². The van der Waals surface area contributed by atoms with E-state index < -0.39 is 5.97 Å². The smallest absolute Gasteiger partial charge is 0.355 e. The number of nitrogens with zero attached hydrogens (tertiary/aromatic N) is 1. The fraction of sp³-hybridized carbons (Fsp3) is 0.263. The number of fused-ring (bicyclic) bond motifs is 1. The van der Waals surface area contributed by atoms with E-state index in [1.165, 1.54) is 11.3 Å². The van der Waals surface area contributed by atoms with Crippen LogP contribution in [-0.2, 0) is 16.1 Å². The highest BCUT2D eigenvalue weighted by molar-refractivity contribution is 7.16. The van der Waals surface area contributed by atoms with Crippen molar-refractivity contribution in [1.82, 2.24) is 4.57 Å². The number of amides is 1. The normalized spacial score (nSPS) is 11.1. The molecule has 0 spiro atoms. The Morgan fingerprint density at radius 1 is 1.27 bits per heavy atom. The van der Waals surface area contributed by atoms with Crippen molar-refractivity contribution in [1.29, 1.82) is 0 Å². The largest absolute Gasteiger partial charge is 0.458 e. The molecule has 0 aliphatic heterocycles. The van der Waals surface area contributed by atoms with E-state index in [0.717, 1.165) is 15.8 Å². The first kappa shape index (κ1) is 18.5. The predicted molar refractivity (Wildman–Crippen MR) is 105 cm³/mol. The maximum absolute atomic E-state index is 12.5. The molecule has 5 nitrogen and oxygen atoms in total. The van der Waals surface area contributed by atoms with Crippen LogP contribution in [0.3, 0.4) is 0 Å². The van der Waals surface area contributed by atoms with E-state index >= 15 is 0 Å². The first-order valence-electron chi connectivity index (χ1n) is 8.19. The van der Waals surface area contributed by atoms with Gasteiger partial charge in [0.2, 0.25) is 5.91 Å². The van der Waals surface area contributed by atoms with E-state index in [2.05, 4.69) is 5.32 Å². The molecule has 2 aromatic heterocycles. The number of benzene rings is 1. The highest BCUT2D eigenvalue weighted by atomic mass is 35.5. The lowest BCUT2D eigenvalue weighted by Gasteiger charge is -2.12. The molecule has 0 fully saturated rings. The number of carbonyl (C=O) groups excluding carboxylic acids is 2. The molecule has 0 saturated heterocycles. The van der Waals surface area contributed by atoms with E-state index in [1.807, 2.05) is 24.4 Å². The van der Waals surface area contributed by atoms with Crippen LogP contribution in [0.25, 0.3) is 10.2 Å². The first-order chi connectivity index (χ1) is 12.3. The summed E-state index contributed by atoms with van der Waals surface area (Å²) in [5.74, 6) is -0.704. The van der Waals surface area contributed by atoms with E-state index in [-0.39, 0.29) is 18.6 Å². The zero-order valence-electron chi connectivity index (χ0n) is 14.7. The van der Waals surface area contributed by atoms with Gasteiger partial charge in [-0.05, 0) is 56.0 Å². The van der Waals surface area contributed by atoms with Crippen LogP contribution < -0.4 is 5.32 Å². The van der Waals surface area contributed by atoms with Gasteiger partial charge < -0.3 is 14.6 Å². The Morgan fingerprint density at radius 3 is 2.73 bits per heavy atom. The maximum Gasteiger partial charge on any atom is 0.355 e. The molecule has 0 aliphatic rings. The van der Waals surface area contributed by atoms with Crippen molar-refractivity contribution in [3.63, 3.8) is 0 Å². The minimum Gasteiger partial charge on any atom is -0.458 e. The van der Waals surface area contributed by atoms with Crippen molar-refractivity contribution in [2.75, 3.05) is 5.32 Å². The highest BCUT2D eigenvalue weighted by Gasteiger charge is 2.20. The summed E-state index contributed by atoms with van der Waals surface area (Å²) >= 11 is 7.65. The van der Waals surface area contributed by atoms with Crippen LogP contribution in [0.2, 0.25) is 5.02 Å². The van der Waals surface area contributed by atoms with Crippen molar-refractivity contribution >= 4 is 50.7 Å². The first-order valence-corrected chi connectivity index (χ1v) is 9.44. The number of aryl methyl sites for hydroxylation is 1. The Kier molecular flexibility index (Phi) is 5.34. The summed E-state index contributed by atoms with van der Waals surface area (Å²) in [7, 11) is 0. The van der Waals surface area contributed by atoms with Crippen LogP contribution >= 0.6 is 22.9 Å². The van der Waals surface area contributed by atoms with Crippen LogP contribution in [0, 0.1) is 6.92 Å². The molecule has 1 aromatic carbocycles. The van der Waals surface area contributed by atoms with E-state index in [9.17, 15) is 9.59 Å². The number of halogens is 1. The lowest BCUT2D eigenvalue weighted by Crippen LogP contribution is -2.23. The fourth-order valence-corrected chi connectivity index (χ4v) is 3.81. The Labute approximate surface area is 160 Å². The fourth-order valence-electron chi connectivity index (χ4n) is 2.63. The molecular formula is C19H19ClN2O3S. The van der Waals surface area contributed by atoms with Gasteiger partial charge in [0.05, 0.1) is 16.8 Å². The lowest BCUT2D eigenvalue weighted by molar-refractivity contribution is -0.116. The standard InChI is InChI=1S/C19H19ClN2O3S/c1-11(2)25-19(24)16-9-13-6-7-26-18(13)22(16)10-17(23)21-15-5-4-12(3)8-14(15)20/h4-9,11H,10H2,1-3H3,(H,21,23). The zero-order valence-corrected chi connectivity index (χ0v) is 16.3. The summed E-state index contributed by atoms with van der Waals surface area (Å²) in [6.45, 7) is 5.51. The van der Waals surface area contributed by atoms with Gasteiger partial charge >= 0.3 is 5.97 Å². The Morgan fingerprint density at radius 2 is 2.04 bits per heavy atom. The molecule has 0 aliphatic carbocycles. The van der Waals surface area contributed by atoms with Gasteiger partial charge in [0.1, 0.15) is 17.1 Å². The summed E-state index contributed by atoms with van der Waals surface area (Å²) in [6.07, 6.45) is -0.232. The number of carbonyl (C=O) groups is 2. The molecule has 2 heterocycles. The van der Waals surface area contributed by atoms with Gasteiger partial charge in [0, 0.05) is 5.39 Å². The monoisotopic (exact) mass is 390 g/mol. The number of hydrogen-bond acceptors (Lipinski definition) is 4. The molecule has 7 heteroatoms. The lowest BCUT2D eigenvalue weighted by atomic mass is 10.2. The SMILES string of the molecule is Cc1ccc(NC(=O)Cn2c(C(=O)OC(C)C)cc3ccsc32)c(Cl)c1. The van der Waals surface area contributed by atoms with E-state index in [0.29, 0.717) is 16.4 Å². The van der Waals surface area contributed by atoms with Crippen molar-refractivity contribution in [2.24, 2.45) is 0 Å². The number of rotatable bonds is 5. The second kappa shape index (κ2) is 7.51. The summed E-state index contributed by atoms with van der Waals surface area (Å²) in [6, 6.07) is 9.09. The highest BCUT2D eigenvalue weighted by Crippen LogP contribution is 2.27. The second-order valence-electron chi connectivity index (χ2n) is 6.28. The van der Waals surface area contributed by atoms with Crippen molar-refractivity contribution in [3.8, 4) is 0 Å². The third kappa shape index (κ3) is 3.92. The number of ether oxygens (including phenoxy) is 1. The van der Waals surface area contributed by atoms with Crippen molar-refractivity contribution < 1.29 is 14.3 Å². The third-order valence-electron chi connectivity index (χ3n) is 3.75. The average Bonchev–Trinajstić information content (AvgIpc) is 3.12. The summed E-state index contributed by atoms with van der Waals surface area (Å²) in [5, 5.41) is 6.11. The summed E-state index contributed by atoms with van der Waals surface area (Å²) in [5.41, 5.74) is 1.92. The van der Waals surface area contributed by atoms with Crippen LogP contribution in [0.1, 0.15) is 29.9 Å². The molecule has 0 unspecified atom stereocenters. The van der Waals surface area contributed by atoms with Gasteiger partial charge in [-0.15, -0.1) is 11.3 Å². The van der Waals surface area contributed by atoms with Gasteiger partial charge in [-0.2, -0.15) is 0 Å². The summed E-state index contributed by atoms with van der Waals surface area (Å²) in [4.78, 5) is 25.8. The zero-order chi connectivity index (χ0) is 18.8. The van der Waals surface area contributed by atoms with Gasteiger partial charge in [-0.3, -0.25) is 4.79 Å². The Hall–Kier alpha value is -2.31. The molecule has 1 amide bonds. The quantitative estimate of drug-likeness (QED) is 0.632. The molecule has 0 bridgehead atoms. The molecule has 26 heavy (non-hydrogen) atoms. The minimum atomic E-state index is -0.440. The molecule has 3 aromatic rings. The average molecular weight is 391 g/mol. The number of esters is 1.